The second-order valence-electron chi connectivity index (χ2n) is 9.47. The molecule has 2 rings (SSSR count). The molecule has 1 saturated carbocycles. The quantitative estimate of drug-likeness (QED) is 0.402. The Morgan fingerprint density at radius 3 is 2.38 bits per heavy atom. The van der Waals surface area contributed by atoms with Crippen LogP contribution in [0.15, 0.2) is 30.3 Å². The molecule has 0 radical (unpaired) electrons. The Bertz CT molecular complexity index is 857. The summed E-state index contributed by atoms with van der Waals surface area (Å²) in [5.41, 5.74) is -0.0990. The molecule has 34 heavy (non-hydrogen) atoms. The summed E-state index contributed by atoms with van der Waals surface area (Å²) in [5.74, 6) is -0.213. The molecular weight excluding hydrogens is 450 g/mol. The third-order valence-electron chi connectivity index (χ3n) is 5.55. The molecule has 7 nitrogen and oxygen atoms in total. The number of ether oxygens (including phenoxy) is 1. The molecule has 0 bridgehead atoms. The van der Waals surface area contributed by atoms with Gasteiger partial charge in [0.25, 0.3) is 5.91 Å². The molecule has 2 atom stereocenters. The molecule has 0 saturated heterocycles. The monoisotopic (exact) mass is 487 g/mol. The first-order valence-corrected chi connectivity index (χ1v) is 13.2. The fourth-order valence-corrected chi connectivity index (χ4v) is 4.43. The standard InChI is InChI=1S/C26H37N3O4S/c1-6-29(24(31)21(17-18-34-5)28-25(32)33-26(2,3)4)22(19-13-9-7-10-14-19)23(30)27-20-15-11-8-12-16-20/h1,7,9-10,13-14,20-22H,8,11-12,15-18H2,2-5H3,(H,27,30)(H,28,32). The van der Waals surface area contributed by atoms with Gasteiger partial charge in [-0.15, -0.1) is 0 Å². The van der Waals surface area contributed by atoms with E-state index in [9.17, 15) is 14.4 Å². The van der Waals surface area contributed by atoms with E-state index in [0.717, 1.165) is 37.0 Å². The number of carbonyl (C=O) groups excluding carboxylic acids is 3. The van der Waals surface area contributed by atoms with Crippen LogP contribution in [0.25, 0.3) is 0 Å². The van der Waals surface area contributed by atoms with Crippen LogP contribution in [0.5, 0.6) is 0 Å². The fraction of sp³-hybridized carbons (Fsp3) is 0.577. The average Bonchev–Trinajstić information content (AvgIpc) is 2.79. The number of nitrogens with zero attached hydrogens (tertiary/aromatic N) is 1. The third-order valence-corrected chi connectivity index (χ3v) is 6.19. The Kier molecular flexibility index (Phi) is 10.8. The van der Waals surface area contributed by atoms with Crippen LogP contribution in [0.3, 0.4) is 0 Å². The molecule has 3 amide bonds. The Labute approximate surface area is 207 Å². The molecule has 1 aliphatic carbocycles. The number of amides is 3. The summed E-state index contributed by atoms with van der Waals surface area (Å²) in [4.78, 5) is 40.6. The van der Waals surface area contributed by atoms with E-state index in [1.165, 1.54) is 0 Å². The number of terminal acetylenes is 1. The molecule has 0 spiro atoms. The predicted molar refractivity (Wildman–Crippen MR) is 136 cm³/mol. The smallest absolute Gasteiger partial charge is 0.408 e. The second-order valence-corrected chi connectivity index (χ2v) is 10.5. The van der Waals surface area contributed by atoms with Crippen molar-refractivity contribution in [1.29, 1.82) is 0 Å². The number of nitrogens with one attached hydrogen (secondary N) is 2. The van der Waals surface area contributed by atoms with Crippen molar-refractivity contribution in [1.82, 2.24) is 15.5 Å². The van der Waals surface area contributed by atoms with Gasteiger partial charge in [-0.05, 0) is 57.6 Å². The maximum atomic E-state index is 13.6. The number of hydrogen-bond acceptors (Lipinski definition) is 5. The Morgan fingerprint density at radius 2 is 1.82 bits per heavy atom. The molecule has 8 heteroatoms. The van der Waals surface area contributed by atoms with Crippen molar-refractivity contribution in [3.63, 3.8) is 0 Å². The van der Waals surface area contributed by atoms with Crippen LogP contribution in [-0.2, 0) is 14.3 Å². The van der Waals surface area contributed by atoms with E-state index in [1.807, 2.05) is 12.3 Å². The molecule has 1 aliphatic rings. The summed E-state index contributed by atoms with van der Waals surface area (Å²) in [6.07, 6.45) is 12.5. The number of hydrogen-bond donors (Lipinski definition) is 2. The van der Waals surface area contributed by atoms with Gasteiger partial charge in [0.1, 0.15) is 17.7 Å². The molecule has 0 heterocycles. The maximum absolute atomic E-state index is 13.6. The van der Waals surface area contributed by atoms with Gasteiger partial charge in [-0.1, -0.05) is 56.0 Å². The zero-order chi connectivity index (χ0) is 25.1. The fourth-order valence-electron chi connectivity index (χ4n) is 3.96. The van der Waals surface area contributed by atoms with E-state index in [2.05, 4.69) is 16.7 Å². The topological polar surface area (TPSA) is 87.7 Å². The minimum Gasteiger partial charge on any atom is -0.444 e. The van der Waals surface area contributed by atoms with Gasteiger partial charge in [0, 0.05) is 12.1 Å². The van der Waals surface area contributed by atoms with E-state index in [1.54, 1.807) is 56.8 Å². The summed E-state index contributed by atoms with van der Waals surface area (Å²) < 4.78 is 5.35. The van der Waals surface area contributed by atoms with Crippen LogP contribution in [0.1, 0.15) is 70.9 Å². The molecule has 2 N–H and O–H groups in total. The van der Waals surface area contributed by atoms with E-state index < -0.39 is 29.7 Å². The number of carbonyl (C=O) groups is 3. The molecular formula is C26H37N3O4S. The summed E-state index contributed by atoms with van der Waals surface area (Å²) in [6.45, 7) is 5.25. The molecule has 186 valence electrons. The normalized spacial score (nSPS) is 16.0. The minimum absolute atomic E-state index is 0.0642. The van der Waals surface area contributed by atoms with Crippen LogP contribution in [0, 0.1) is 12.5 Å². The molecule has 0 aromatic heterocycles. The van der Waals surface area contributed by atoms with Crippen LogP contribution < -0.4 is 10.6 Å². The average molecular weight is 488 g/mol. The van der Waals surface area contributed by atoms with Crippen LogP contribution in [0.4, 0.5) is 4.79 Å². The van der Waals surface area contributed by atoms with Gasteiger partial charge in [0.2, 0.25) is 5.91 Å². The largest absolute Gasteiger partial charge is 0.444 e. The van der Waals surface area contributed by atoms with Gasteiger partial charge >= 0.3 is 6.09 Å². The van der Waals surface area contributed by atoms with Crippen molar-refractivity contribution in [2.24, 2.45) is 0 Å². The van der Waals surface area contributed by atoms with E-state index in [0.29, 0.717) is 17.7 Å². The van der Waals surface area contributed by atoms with Gasteiger partial charge in [-0.3, -0.25) is 14.5 Å². The first kappa shape index (κ1) is 27.6. The first-order valence-electron chi connectivity index (χ1n) is 11.8. The van der Waals surface area contributed by atoms with E-state index in [4.69, 9.17) is 11.2 Å². The molecule has 0 aliphatic heterocycles. The lowest BCUT2D eigenvalue weighted by Crippen LogP contribution is -2.52. The molecule has 1 aromatic rings. The number of rotatable bonds is 9. The highest BCUT2D eigenvalue weighted by molar-refractivity contribution is 7.98. The lowest BCUT2D eigenvalue weighted by atomic mass is 9.94. The number of benzene rings is 1. The van der Waals surface area contributed by atoms with Crippen molar-refractivity contribution >= 4 is 29.7 Å². The summed E-state index contributed by atoms with van der Waals surface area (Å²) in [7, 11) is 0. The highest BCUT2D eigenvalue weighted by Crippen LogP contribution is 2.25. The lowest BCUT2D eigenvalue weighted by molar-refractivity contribution is -0.139. The third kappa shape index (κ3) is 8.60. The van der Waals surface area contributed by atoms with Gasteiger partial charge in [0.05, 0.1) is 0 Å². The van der Waals surface area contributed by atoms with Crippen molar-refractivity contribution in [2.75, 3.05) is 12.0 Å². The van der Waals surface area contributed by atoms with Crippen molar-refractivity contribution in [3.8, 4) is 12.5 Å². The molecule has 1 fully saturated rings. The predicted octanol–water partition coefficient (Wildman–Crippen LogP) is 4.24. The first-order chi connectivity index (χ1) is 16.2. The summed E-state index contributed by atoms with van der Waals surface area (Å²) in [6, 6.07) is 9.57. The highest BCUT2D eigenvalue weighted by atomic mass is 32.2. The highest BCUT2D eigenvalue weighted by Gasteiger charge is 2.36. The maximum Gasteiger partial charge on any atom is 0.408 e. The molecule has 1 aromatic carbocycles. The Morgan fingerprint density at radius 1 is 1.18 bits per heavy atom. The lowest BCUT2D eigenvalue weighted by Gasteiger charge is -2.32. The van der Waals surface area contributed by atoms with Gasteiger partial charge < -0.3 is 15.4 Å². The minimum atomic E-state index is -1.00. The van der Waals surface area contributed by atoms with Gasteiger partial charge in [0.15, 0.2) is 0 Å². The zero-order valence-electron chi connectivity index (χ0n) is 20.6. The Hall–Kier alpha value is -2.66. The SMILES string of the molecule is C#CN(C(=O)C(CCSC)NC(=O)OC(C)(C)C)C(C(=O)NC1CCCCC1)c1ccccc1. The summed E-state index contributed by atoms with van der Waals surface area (Å²) >= 11 is 1.55. The van der Waals surface area contributed by atoms with Crippen LogP contribution >= 0.6 is 11.8 Å². The van der Waals surface area contributed by atoms with E-state index >= 15 is 0 Å². The molecule has 2 unspecified atom stereocenters. The van der Waals surface area contributed by atoms with Crippen molar-refractivity contribution in [3.05, 3.63) is 35.9 Å². The van der Waals surface area contributed by atoms with Gasteiger partial charge in [-0.25, -0.2) is 4.79 Å². The van der Waals surface area contributed by atoms with Crippen LogP contribution in [0.2, 0.25) is 0 Å². The number of alkyl carbamates (subject to hydrolysis) is 1. The Balaban J connectivity index is 2.31. The number of thioether (sulfide) groups is 1. The zero-order valence-corrected chi connectivity index (χ0v) is 21.5. The van der Waals surface area contributed by atoms with E-state index in [-0.39, 0.29) is 11.9 Å². The van der Waals surface area contributed by atoms with Crippen molar-refractivity contribution in [2.45, 2.75) is 83.0 Å². The van der Waals surface area contributed by atoms with Crippen molar-refractivity contribution < 1.29 is 19.1 Å². The summed E-state index contributed by atoms with van der Waals surface area (Å²) in [5, 5.41) is 5.75. The second kappa shape index (κ2) is 13.3. The van der Waals surface area contributed by atoms with Crippen LogP contribution in [-0.4, -0.2) is 52.5 Å². The van der Waals surface area contributed by atoms with Gasteiger partial charge in [-0.2, -0.15) is 11.8 Å².